The molecule has 0 aromatic heterocycles. The van der Waals surface area contributed by atoms with Gasteiger partial charge >= 0.3 is 8.56 Å². The van der Waals surface area contributed by atoms with Crippen LogP contribution < -0.4 is 0 Å². The Morgan fingerprint density at radius 1 is 1.44 bits per heavy atom. The van der Waals surface area contributed by atoms with Crippen molar-refractivity contribution in [2.75, 3.05) is 19.8 Å². The third kappa shape index (κ3) is 5.40. The minimum absolute atomic E-state index is 0.179. The molecule has 4 nitrogen and oxygen atoms in total. The Kier molecular flexibility index (Phi) is 5.92. The molecule has 3 unspecified atom stereocenters. The normalized spacial score (nSPS) is 25.1. The van der Waals surface area contributed by atoms with Crippen LogP contribution in [0.25, 0.3) is 0 Å². The van der Waals surface area contributed by atoms with Crippen LogP contribution in [0, 0.1) is 0 Å². The largest absolute Gasteiger partial charge is 0.395 e. The Bertz CT molecular complexity index is 198. The van der Waals surface area contributed by atoms with Crippen molar-refractivity contribution in [3.05, 3.63) is 0 Å². The fraction of sp³-hybridized carbons (Fsp3) is 1.00. The lowest BCUT2D eigenvalue weighted by Crippen LogP contribution is -2.43. The first kappa shape index (κ1) is 14.1. The highest BCUT2D eigenvalue weighted by Crippen LogP contribution is 2.26. The molecule has 0 spiro atoms. The molecule has 0 bridgehead atoms. The number of hydrogen-bond donors (Lipinski definition) is 0. The van der Waals surface area contributed by atoms with Crippen LogP contribution in [-0.2, 0) is 18.3 Å². The first-order chi connectivity index (χ1) is 7.59. The summed E-state index contributed by atoms with van der Waals surface area (Å²) >= 11 is 0. The molecule has 0 N–H and O–H groups in total. The molecule has 1 fully saturated rings. The highest BCUT2D eigenvalue weighted by atomic mass is 28.4. The lowest BCUT2D eigenvalue weighted by molar-refractivity contribution is -0.0861. The van der Waals surface area contributed by atoms with Crippen LogP contribution in [0.15, 0.2) is 0 Å². The molecule has 1 aliphatic rings. The summed E-state index contributed by atoms with van der Waals surface area (Å²) in [7, 11) is -2.11. The quantitative estimate of drug-likeness (QED) is 0.356. The van der Waals surface area contributed by atoms with Crippen molar-refractivity contribution in [2.24, 2.45) is 0 Å². The van der Waals surface area contributed by atoms with E-state index < -0.39 is 8.56 Å². The van der Waals surface area contributed by atoms with Gasteiger partial charge in [-0.3, -0.25) is 0 Å². The van der Waals surface area contributed by atoms with Gasteiger partial charge < -0.3 is 18.3 Å². The zero-order valence-corrected chi connectivity index (χ0v) is 11.8. The van der Waals surface area contributed by atoms with Gasteiger partial charge in [-0.15, -0.1) is 0 Å². The lowest BCUT2D eigenvalue weighted by atomic mass is 10.5. The summed E-state index contributed by atoms with van der Waals surface area (Å²) in [6.45, 7) is 10.4. The van der Waals surface area contributed by atoms with Gasteiger partial charge in [-0.25, -0.2) is 0 Å². The Hall–Kier alpha value is 0.0569. The van der Waals surface area contributed by atoms with E-state index in [1.165, 1.54) is 0 Å². The molecular formula is C11H24O4Si. The predicted octanol–water partition coefficient (Wildman–Crippen LogP) is 2.28. The van der Waals surface area contributed by atoms with Crippen molar-refractivity contribution in [3.63, 3.8) is 0 Å². The van der Waals surface area contributed by atoms with Crippen molar-refractivity contribution < 1.29 is 18.3 Å². The smallest absolute Gasteiger partial charge is 0.339 e. The van der Waals surface area contributed by atoms with Gasteiger partial charge in [-0.05, 0) is 26.8 Å². The van der Waals surface area contributed by atoms with Crippen molar-refractivity contribution in [1.29, 1.82) is 0 Å². The maximum Gasteiger partial charge on any atom is 0.339 e. The highest BCUT2D eigenvalue weighted by Gasteiger charge is 2.41. The summed E-state index contributed by atoms with van der Waals surface area (Å²) in [4.78, 5) is 0. The van der Waals surface area contributed by atoms with Gasteiger partial charge in [0.2, 0.25) is 0 Å². The molecule has 0 saturated carbocycles. The van der Waals surface area contributed by atoms with E-state index in [0.717, 1.165) is 25.7 Å². The van der Waals surface area contributed by atoms with E-state index in [4.69, 9.17) is 18.3 Å². The Labute approximate surface area is 99.5 Å². The summed E-state index contributed by atoms with van der Waals surface area (Å²) in [6, 6.07) is 0.903. The third-order valence-electron chi connectivity index (χ3n) is 2.42. The van der Waals surface area contributed by atoms with Gasteiger partial charge in [0.05, 0.1) is 12.7 Å². The second-order valence-electron chi connectivity index (χ2n) is 4.28. The molecule has 0 aromatic carbocycles. The predicted molar refractivity (Wildman–Crippen MR) is 64.6 cm³/mol. The van der Waals surface area contributed by atoms with Crippen molar-refractivity contribution in [2.45, 2.75) is 52.2 Å². The molecule has 1 aliphatic heterocycles. The van der Waals surface area contributed by atoms with Crippen molar-refractivity contribution in [3.8, 4) is 0 Å². The van der Waals surface area contributed by atoms with Crippen molar-refractivity contribution in [1.82, 2.24) is 0 Å². The van der Waals surface area contributed by atoms with Gasteiger partial charge in [-0.1, -0.05) is 6.92 Å². The molecule has 1 rings (SSSR count). The molecule has 0 amide bonds. The fourth-order valence-electron chi connectivity index (χ4n) is 1.71. The number of ether oxygens (including phenoxy) is 2. The topological polar surface area (TPSA) is 40.2 Å². The van der Waals surface area contributed by atoms with E-state index in [1.54, 1.807) is 0 Å². The molecule has 16 heavy (non-hydrogen) atoms. The molecule has 0 aromatic rings. The lowest BCUT2D eigenvalue weighted by Gasteiger charge is -2.29. The molecular weight excluding hydrogens is 224 g/mol. The van der Waals surface area contributed by atoms with Crippen molar-refractivity contribution >= 4 is 8.56 Å². The summed E-state index contributed by atoms with van der Waals surface area (Å²) in [5, 5.41) is 0. The summed E-state index contributed by atoms with van der Waals surface area (Å²) in [5.41, 5.74) is 0. The van der Waals surface area contributed by atoms with Crippen LogP contribution in [0.3, 0.4) is 0 Å². The first-order valence-electron chi connectivity index (χ1n) is 6.14. The molecule has 96 valence electrons. The van der Waals surface area contributed by atoms with Gasteiger partial charge in [0, 0.05) is 19.3 Å². The minimum Gasteiger partial charge on any atom is -0.395 e. The molecule has 0 radical (unpaired) electrons. The summed E-state index contributed by atoms with van der Waals surface area (Å²) in [5.74, 6) is 0. The van der Waals surface area contributed by atoms with Gasteiger partial charge in [-0.2, -0.15) is 0 Å². The van der Waals surface area contributed by atoms with Crippen LogP contribution in [-0.4, -0.2) is 40.8 Å². The molecule has 0 aliphatic carbocycles. The monoisotopic (exact) mass is 248 g/mol. The maximum absolute atomic E-state index is 5.95. The average molecular weight is 248 g/mol. The summed E-state index contributed by atoms with van der Waals surface area (Å²) < 4.78 is 22.5. The Morgan fingerprint density at radius 3 is 2.62 bits per heavy atom. The molecule has 1 heterocycles. The average Bonchev–Trinajstić information content (AvgIpc) is 2.98. The number of epoxide rings is 1. The third-order valence-corrected chi connectivity index (χ3v) is 5.35. The Morgan fingerprint density at radius 2 is 2.12 bits per heavy atom. The second kappa shape index (κ2) is 6.71. The highest BCUT2D eigenvalue weighted by molar-refractivity contribution is 6.66. The van der Waals surface area contributed by atoms with E-state index >= 15 is 0 Å². The molecule has 5 heteroatoms. The molecule has 1 saturated heterocycles. The zero-order valence-electron chi connectivity index (χ0n) is 10.8. The van der Waals surface area contributed by atoms with Crippen LogP contribution in [0.1, 0.15) is 27.2 Å². The Balaban J connectivity index is 2.34. The van der Waals surface area contributed by atoms with E-state index in [9.17, 15) is 0 Å². The zero-order chi connectivity index (χ0) is 12.0. The van der Waals surface area contributed by atoms with E-state index in [0.29, 0.717) is 12.7 Å². The van der Waals surface area contributed by atoms with E-state index in [1.807, 2.05) is 13.8 Å². The van der Waals surface area contributed by atoms with E-state index in [-0.39, 0.29) is 6.29 Å². The van der Waals surface area contributed by atoms with Crippen LogP contribution in [0.4, 0.5) is 0 Å². The first-order valence-corrected chi connectivity index (χ1v) is 8.67. The maximum atomic E-state index is 5.95. The second-order valence-corrected chi connectivity index (χ2v) is 7.48. The number of hydrogen-bond acceptors (Lipinski definition) is 4. The fourth-order valence-corrected chi connectivity index (χ4v) is 4.44. The number of rotatable bonds is 9. The van der Waals surface area contributed by atoms with Crippen LogP contribution in [0.5, 0.6) is 0 Å². The minimum atomic E-state index is -2.11. The standard InChI is InChI=1S/C11H24O4Si/c1-5-7-12-10(3)15-16(4,14-6-2)9-11-8-13-11/h10-11H,5-9H2,1-4H3. The SMILES string of the molecule is CCCOC(C)O[Si](C)(CC1CO1)OCC. The summed E-state index contributed by atoms with van der Waals surface area (Å²) in [6.07, 6.45) is 1.18. The molecule has 3 atom stereocenters. The van der Waals surface area contributed by atoms with E-state index in [2.05, 4.69) is 13.5 Å². The van der Waals surface area contributed by atoms with Gasteiger partial charge in [0.15, 0.2) is 0 Å². The van der Waals surface area contributed by atoms with Gasteiger partial charge in [0.25, 0.3) is 0 Å². The van der Waals surface area contributed by atoms with Crippen LogP contribution in [0.2, 0.25) is 12.6 Å². The van der Waals surface area contributed by atoms with Gasteiger partial charge in [0.1, 0.15) is 6.29 Å². The van der Waals surface area contributed by atoms with Crippen LogP contribution >= 0.6 is 0 Å².